The van der Waals surface area contributed by atoms with Gasteiger partial charge in [-0.05, 0) is 0 Å². The molecule has 3 N–H and O–H groups in total. The van der Waals surface area contributed by atoms with Crippen LogP contribution in [-0.2, 0) is 14.4 Å². The van der Waals surface area contributed by atoms with Gasteiger partial charge in [-0.15, -0.1) is 0 Å². The fourth-order valence-electron chi connectivity index (χ4n) is 1.17. The number of ketones is 3. The quantitative estimate of drug-likeness (QED) is 0.263. The summed E-state index contributed by atoms with van der Waals surface area (Å²) in [4.78, 5) is 31.6. The van der Waals surface area contributed by atoms with E-state index in [1.807, 2.05) is 0 Å². The second-order valence-corrected chi connectivity index (χ2v) is 5.43. The third kappa shape index (κ3) is 27.1. The Hall–Kier alpha value is -1.08. The van der Waals surface area contributed by atoms with Gasteiger partial charge >= 0.3 is 0 Å². The largest absolute Gasteiger partial charge is 0.512 e. The number of hydrogen-bond acceptors (Lipinski definition) is 6. The number of aliphatic hydroxyl groups excluding tert-OH is 3. The zero-order chi connectivity index (χ0) is 21.8. The fraction of sp³-hybridized carbons (Fsp3) is 0.571. The van der Waals surface area contributed by atoms with Gasteiger partial charge in [0.1, 0.15) is 0 Å². The maximum atomic E-state index is 10.5. The number of allylic oxidation sites excluding steroid dienone is 6. The minimum atomic E-state index is -0.0191. The first-order valence-corrected chi connectivity index (χ1v) is 9.38. The van der Waals surface area contributed by atoms with Gasteiger partial charge < -0.3 is 15.3 Å². The second kappa shape index (κ2) is 24.0. The van der Waals surface area contributed by atoms with E-state index < -0.39 is 0 Å². The average molecular weight is 543 g/mol. The molecule has 0 fully saturated rings. The Kier molecular flexibility index (Phi) is 29.5. The first-order valence-electron chi connectivity index (χ1n) is 9.38. The monoisotopic (exact) mass is 543 g/mol. The summed E-state index contributed by atoms with van der Waals surface area (Å²) >= 11 is 0. The van der Waals surface area contributed by atoms with Gasteiger partial charge in [-0.1, -0.05) is 41.5 Å². The number of carbonyl (C=O) groups is 3. The van der Waals surface area contributed by atoms with E-state index >= 15 is 0 Å². The van der Waals surface area contributed by atoms with Crippen LogP contribution in [0.25, 0.3) is 0 Å². The Labute approximate surface area is 200 Å². The van der Waals surface area contributed by atoms with Crippen molar-refractivity contribution in [3.8, 4) is 0 Å². The normalized spacial score (nSPS) is 11.1. The molecule has 0 aliphatic rings. The van der Waals surface area contributed by atoms with Crippen LogP contribution in [0, 0.1) is 38.6 Å². The Bertz CT molecular complexity index is 457. The molecule has 0 atom stereocenters. The van der Waals surface area contributed by atoms with Crippen LogP contribution in [0.1, 0.15) is 80.1 Å². The molecular weight excluding hydrogens is 507 g/mol. The summed E-state index contributed by atoms with van der Waals surface area (Å²) in [6.45, 7) is 10.7. The molecule has 0 saturated carbocycles. The van der Waals surface area contributed by atoms with Crippen LogP contribution in [0.3, 0.4) is 0 Å². The Morgan fingerprint density at radius 3 is 0.786 bits per heavy atom. The van der Waals surface area contributed by atoms with E-state index in [1.54, 1.807) is 41.5 Å². The van der Waals surface area contributed by atoms with Gasteiger partial charge in [0.05, 0.1) is 17.3 Å². The van der Waals surface area contributed by atoms with Crippen molar-refractivity contribution >= 4 is 17.3 Å². The van der Waals surface area contributed by atoms with Gasteiger partial charge in [0, 0.05) is 95.4 Å². The molecule has 0 heterocycles. The number of hydrogen-bond donors (Lipinski definition) is 3. The summed E-state index contributed by atoms with van der Waals surface area (Å²) < 4.78 is 0. The predicted molar refractivity (Wildman–Crippen MR) is 109 cm³/mol. The molecule has 0 saturated heterocycles. The maximum absolute atomic E-state index is 10.5. The first kappa shape index (κ1) is 34.4. The third-order valence-corrected chi connectivity index (χ3v) is 3.11. The molecule has 28 heavy (non-hydrogen) atoms. The van der Waals surface area contributed by atoms with Crippen LogP contribution in [0.5, 0.6) is 0 Å². The summed E-state index contributed by atoms with van der Waals surface area (Å²) in [6.07, 6.45) is 6.82. The van der Waals surface area contributed by atoms with Crippen molar-refractivity contribution in [3.05, 3.63) is 35.5 Å². The SMILES string of the molecule is CCC(=O)/C=C(/O)CC.CCC(=O)/C=C(/O)CC.CCC(=O)/C=C(/O)CC.[Tb]. The second-order valence-electron chi connectivity index (χ2n) is 5.43. The van der Waals surface area contributed by atoms with Crippen molar-refractivity contribution in [3.63, 3.8) is 0 Å². The number of rotatable bonds is 9. The van der Waals surface area contributed by atoms with E-state index in [2.05, 4.69) is 0 Å². The Balaban J connectivity index is -0.000000152. The maximum Gasteiger partial charge on any atom is 0.158 e. The molecule has 6 nitrogen and oxygen atoms in total. The van der Waals surface area contributed by atoms with Gasteiger partial charge in [0.2, 0.25) is 0 Å². The van der Waals surface area contributed by atoms with Crippen LogP contribution >= 0.6 is 0 Å². The molecule has 1 radical (unpaired) electrons. The van der Waals surface area contributed by atoms with Gasteiger partial charge in [0.15, 0.2) is 17.3 Å². The molecule has 7 heteroatoms. The van der Waals surface area contributed by atoms with Crippen molar-refractivity contribution in [2.45, 2.75) is 80.1 Å². The van der Waals surface area contributed by atoms with Crippen LogP contribution in [-0.4, -0.2) is 32.7 Å². The molecule has 0 spiro atoms. The first-order chi connectivity index (χ1) is 12.6. The Morgan fingerprint density at radius 2 is 0.679 bits per heavy atom. The molecule has 0 bridgehead atoms. The smallest absolute Gasteiger partial charge is 0.158 e. The molecule has 0 aromatic rings. The van der Waals surface area contributed by atoms with Crippen molar-refractivity contribution < 1.29 is 68.3 Å². The van der Waals surface area contributed by atoms with Crippen LogP contribution in [0.15, 0.2) is 35.5 Å². The summed E-state index contributed by atoms with van der Waals surface area (Å²) in [6, 6.07) is 0. The minimum Gasteiger partial charge on any atom is -0.512 e. The standard InChI is InChI=1S/3C7H12O2.Tb/c3*1-3-6(8)5-7(9)4-2;/h3*5,8H,3-4H2,1-2H3;/b3*6-5+;. The molecule has 165 valence electrons. The van der Waals surface area contributed by atoms with Gasteiger partial charge in [-0.2, -0.15) is 0 Å². The predicted octanol–water partition coefficient (Wildman–Crippen LogP) is 5.45. The summed E-state index contributed by atoms with van der Waals surface area (Å²) in [7, 11) is 0. The zero-order valence-electron chi connectivity index (χ0n) is 17.9. The minimum absolute atomic E-state index is 0. The summed E-state index contributed by atoms with van der Waals surface area (Å²) in [5.41, 5.74) is 0. The molecule has 0 aliphatic carbocycles. The van der Waals surface area contributed by atoms with Crippen molar-refractivity contribution in [2.24, 2.45) is 0 Å². The molecule has 0 unspecified atom stereocenters. The van der Waals surface area contributed by atoms with Crippen LogP contribution < -0.4 is 0 Å². The van der Waals surface area contributed by atoms with Crippen LogP contribution in [0.4, 0.5) is 0 Å². The average Bonchev–Trinajstić information content (AvgIpc) is 2.67. The third-order valence-electron chi connectivity index (χ3n) is 3.11. The number of carbonyl (C=O) groups excluding carboxylic acids is 3. The van der Waals surface area contributed by atoms with Gasteiger partial charge in [-0.3, -0.25) is 14.4 Å². The molecule has 0 rings (SSSR count). The molecule has 0 aliphatic heterocycles. The molecule has 0 aromatic heterocycles. The molecule has 0 amide bonds. The van der Waals surface area contributed by atoms with Crippen molar-refractivity contribution in [1.82, 2.24) is 0 Å². The van der Waals surface area contributed by atoms with Gasteiger partial charge in [0.25, 0.3) is 0 Å². The van der Waals surface area contributed by atoms with E-state index in [0.29, 0.717) is 38.5 Å². The van der Waals surface area contributed by atoms with E-state index in [1.165, 1.54) is 18.2 Å². The summed E-state index contributed by atoms with van der Waals surface area (Å²) in [5, 5.41) is 26.4. The topological polar surface area (TPSA) is 112 Å². The van der Waals surface area contributed by atoms with Crippen molar-refractivity contribution in [1.29, 1.82) is 0 Å². The molecule has 0 aromatic carbocycles. The van der Waals surface area contributed by atoms with Gasteiger partial charge in [-0.25, -0.2) is 0 Å². The number of aliphatic hydroxyl groups is 3. The fourth-order valence-corrected chi connectivity index (χ4v) is 1.17. The van der Waals surface area contributed by atoms with E-state index in [4.69, 9.17) is 15.3 Å². The summed E-state index contributed by atoms with van der Waals surface area (Å²) in [5.74, 6) is 0.448. The molecular formula is C21H36O6Tb. The van der Waals surface area contributed by atoms with E-state index in [-0.39, 0.29) is 73.2 Å². The zero-order valence-corrected chi connectivity index (χ0v) is 20.0. The van der Waals surface area contributed by atoms with Crippen LogP contribution in [0.2, 0.25) is 0 Å². The van der Waals surface area contributed by atoms with Crippen molar-refractivity contribution in [2.75, 3.05) is 0 Å². The van der Waals surface area contributed by atoms with E-state index in [9.17, 15) is 14.4 Å². The Morgan fingerprint density at radius 1 is 0.500 bits per heavy atom. The van der Waals surface area contributed by atoms with E-state index in [0.717, 1.165) is 0 Å².